The zero-order valence-corrected chi connectivity index (χ0v) is 13.0. The van der Waals surface area contributed by atoms with Crippen molar-refractivity contribution < 1.29 is 4.74 Å². The topological polar surface area (TPSA) is 52.0 Å². The highest BCUT2D eigenvalue weighted by molar-refractivity contribution is 5.33. The monoisotopic (exact) mass is 288 g/mol. The molecule has 0 radical (unpaired) electrons. The van der Waals surface area contributed by atoms with Crippen LogP contribution in [0.5, 0.6) is 5.75 Å². The van der Waals surface area contributed by atoms with Crippen LogP contribution in [0.1, 0.15) is 38.6 Å². The summed E-state index contributed by atoms with van der Waals surface area (Å²) in [6, 6.07) is 8.56. The Morgan fingerprint density at radius 3 is 2.86 bits per heavy atom. The molecule has 2 rings (SSSR count). The van der Waals surface area contributed by atoms with E-state index in [1.807, 2.05) is 22.9 Å². The summed E-state index contributed by atoms with van der Waals surface area (Å²) in [4.78, 5) is 4.26. The van der Waals surface area contributed by atoms with Gasteiger partial charge in [0.1, 0.15) is 18.7 Å². The summed E-state index contributed by atoms with van der Waals surface area (Å²) in [6.07, 6.45) is 2.62. The molecule has 1 N–H and O–H groups in total. The fourth-order valence-electron chi connectivity index (χ4n) is 2.05. The molecule has 0 aliphatic rings. The summed E-state index contributed by atoms with van der Waals surface area (Å²) in [5.41, 5.74) is 1.16. The van der Waals surface area contributed by atoms with Gasteiger partial charge in [0.15, 0.2) is 5.82 Å². The molecule has 0 bridgehead atoms. The maximum atomic E-state index is 5.94. The van der Waals surface area contributed by atoms with Crippen molar-refractivity contribution >= 4 is 0 Å². The van der Waals surface area contributed by atoms with Crippen LogP contribution in [-0.4, -0.2) is 20.8 Å². The number of hydrogen-bond donors (Lipinski definition) is 1. The van der Waals surface area contributed by atoms with Crippen LogP contribution >= 0.6 is 0 Å². The molecular weight excluding hydrogens is 264 g/mol. The number of nitrogens with zero attached hydrogens (tertiary/aromatic N) is 3. The summed E-state index contributed by atoms with van der Waals surface area (Å²) in [7, 11) is 0. The minimum Gasteiger partial charge on any atom is -0.485 e. The number of nitrogens with one attached hydrogen (secondary N) is 1. The Balaban J connectivity index is 2.00. The summed E-state index contributed by atoms with van der Waals surface area (Å²) in [5.74, 6) is 1.76. The number of para-hydroxylation sites is 1. The number of hydrogen-bond acceptors (Lipinski definition) is 4. The van der Waals surface area contributed by atoms with E-state index in [1.165, 1.54) is 0 Å². The van der Waals surface area contributed by atoms with E-state index in [-0.39, 0.29) is 0 Å². The maximum Gasteiger partial charge on any atom is 0.164 e. The van der Waals surface area contributed by atoms with E-state index in [1.54, 1.807) is 6.33 Å². The molecule has 1 heterocycles. The lowest BCUT2D eigenvalue weighted by atomic mass is 10.2. The molecule has 21 heavy (non-hydrogen) atoms. The minimum absolute atomic E-state index is 0.443. The molecule has 0 aliphatic carbocycles. The van der Waals surface area contributed by atoms with Crippen molar-refractivity contribution in [2.75, 3.05) is 0 Å². The maximum absolute atomic E-state index is 5.94. The van der Waals surface area contributed by atoms with Gasteiger partial charge in [-0.2, -0.15) is 5.10 Å². The van der Waals surface area contributed by atoms with Crippen molar-refractivity contribution in [1.29, 1.82) is 0 Å². The van der Waals surface area contributed by atoms with Crippen LogP contribution in [0.25, 0.3) is 0 Å². The third kappa shape index (κ3) is 4.56. The number of ether oxygens (including phenoxy) is 1. The molecule has 0 unspecified atom stereocenters. The molecule has 2 aromatic rings. The number of aryl methyl sites for hydroxylation is 1. The lowest BCUT2D eigenvalue weighted by Crippen LogP contribution is -2.22. The summed E-state index contributed by atoms with van der Waals surface area (Å²) >= 11 is 0. The first-order chi connectivity index (χ1) is 10.2. The van der Waals surface area contributed by atoms with E-state index < -0.39 is 0 Å². The Morgan fingerprint density at radius 2 is 2.10 bits per heavy atom. The lowest BCUT2D eigenvalue weighted by Gasteiger charge is -2.13. The highest BCUT2D eigenvalue weighted by Gasteiger charge is 2.07. The number of aromatic nitrogens is 3. The van der Waals surface area contributed by atoms with E-state index in [4.69, 9.17) is 4.74 Å². The van der Waals surface area contributed by atoms with Gasteiger partial charge < -0.3 is 10.1 Å². The zero-order valence-electron chi connectivity index (χ0n) is 13.0. The summed E-state index contributed by atoms with van der Waals surface area (Å²) in [6.45, 7) is 8.51. The van der Waals surface area contributed by atoms with Gasteiger partial charge in [-0.3, -0.25) is 0 Å². The predicted octanol–water partition coefficient (Wildman–Crippen LogP) is 2.77. The first-order valence-corrected chi connectivity index (χ1v) is 7.51. The van der Waals surface area contributed by atoms with Crippen molar-refractivity contribution in [3.8, 4) is 5.75 Å². The second kappa shape index (κ2) is 7.78. The van der Waals surface area contributed by atoms with Gasteiger partial charge in [-0.05, 0) is 12.5 Å². The zero-order chi connectivity index (χ0) is 15.1. The van der Waals surface area contributed by atoms with Gasteiger partial charge in [-0.1, -0.05) is 39.0 Å². The smallest absolute Gasteiger partial charge is 0.164 e. The second-order valence-electron chi connectivity index (χ2n) is 5.33. The Labute approximate surface area is 126 Å². The molecule has 0 saturated carbocycles. The van der Waals surface area contributed by atoms with Crippen LogP contribution < -0.4 is 10.1 Å². The first-order valence-electron chi connectivity index (χ1n) is 7.51. The summed E-state index contributed by atoms with van der Waals surface area (Å²) in [5, 5.41) is 7.63. The first kappa shape index (κ1) is 15.5. The van der Waals surface area contributed by atoms with E-state index in [0.29, 0.717) is 12.6 Å². The molecule has 0 amide bonds. The molecule has 114 valence electrons. The van der Waals surface area contributed by atoms with Gasteiger partial charge in [-0.25, -0.2) is 9.67 Å². The Morgan fingerprint density at radius 1 is 1.29 bits per heavy atom. The van der Waals surface area contributed by atoms with E-state index >= 15 is 0 Å². The Hall–Kier alpha value is -1.88. The Kier molecular flexibility index (Phi) is 5.75. The largest absolute Gasteiger partial charge is 0.485 e. The minimum atomic E-state index is 0.443. The van der Waals surface area contributed by atoms with Gasteiger partial charge in [-0.15, -0.1) is 0 Å². The third-order valence-electron chi connectivity index (χ3n) is 3.16. The lowest BCUT2D eigenvalue weighted by molar-refractivity contribution is 0.282. The van der Waals surface area contributed by atoms with Crippen LogP contribution in [0.15, 0.2) is 30.6 Å². The fourth-order valence-corrected chi connectivity index (χ4v) is 2.05. The molecule has 0 aliphatic heterocycles. The van der Waals surface area contributed by atoms with Crippen molar-refractivity contribution in [1.82, 2.24) is 20.1 Å². The molecule has 5 heteroatoms. The third-order valence-corrected chi connectivity index (χ3v) is 3.16. The van der Waals surface area contributed by atoms with Crippen LogP contribution in [0, 0.1) is 0 Å². The van der Waals surface area contributed by atoms with Crippen molar-refractivity contribution in [2.24, 2.45) is 0 Å². The normalized spacial score (nSPS) is 11.0. The molecule has 5 nitrogen and oxygen atoms in total. The molecule has 0 spiro atoms. The average molecular weight is 288 g/mol. The molecule has 1 aromatic heterocycles. The highest BCUT2D eigenvalue weighted by Crippen LogP contribution is 2.19. The number of benzene rings is 1. The molecular formula is C16H24N4O. The molecule has 0 atom stereocenters. The van der Waals surface area contributed by atoms with Crippen LogP contribution in [-0.2, 0) is 19.7 Å². The van der Waals surface area contributed by atoms with Crippen LogP contribution in [0.4, 0.5) is 0 Å². The fraction of sp³-hybridized carbons (Fsp3) is 0.500. The van der Waals surface area contributed by atoms with Crippen molar-refractivity contribution in [3.05, 3.63) is 42.0 Å². The van der Waals surface area contributed by atoms with Gasteiger partial charge in [0, 0.05) is 24.7 Å². The SMILES string of the molecule is CCCn1ncnc1COc1ccccc1CNC(C)C. The number of rotatable bonds is 8. The highest BCUT2D eigenvalue weighted by atomic mass is 16.5. The summed E-state index contributed by atoms with van der Waals surface area (Å²) < 4.78 is 7.84. The standard InChI is InChI=1S/C16H24N4O/c1-4-9-20-16(18-12-19-20)11-21-15-8-6-5-7-14(15)10-17-13(2)3/h5-8,12-13,17H,4,9-11H2,1-3H3. The molecule has 0 fully saturated rings. The van der Waals surface area contributed by atoms with Gasteiger partial charge in [0.05, 0.1) is 0 Å². The second-order valence-corrected chi connectivity index (χ2v) is 5.33. The van der Waals surface area contributed by atoms with Gasteiger partial charge >= 0.3 is 0 Å². The van der Waals surface area contributed by atoms with E-state index in [2.05, 4.69) is 42.2 Å². The average Bonchev–Trinajstić information content (AvgIpc) is 2.91. The van der Waals surface area contributed by atoms with Crippen LogP contribution in [0.3, 0.4) is 0 Å². The predicted molar refractivity (Wildman–Crippen MR) is 83.1 cm³/mol. The van der Waals surface area contributed by atoms with Gasteiger partial charge in [0.25, 0.3) is 0 Å². The van der Waals surface area contributed by atoms with E-state index in [9.17, 15) is 0 Å². The van der Waals surface area contributed by atoms with Gasteiger partial charge in [0.2, 0.25) is 0 Å². The quantitative estimate of drug-likeness (QED) is 0.811. The molecule has 1 aromatic carbocycles. The Bertz CT molecular complexity index is 551. The van der Waals surface area contributed by atoms with Crippen LogP contribution in [0.2, 0.25) is 0 Å². The van der Waals surface area contributed by atoms with E-state index in [0.717, 1.165) is 36.6 Å². The molecule has 0 saturated heterocycles. The van der Waals surface area contributed by atoms with Crippen molar-refractivity contribution in [3.63, 3.8) is 0 Å². The van der Waals surface area contributed by atoms with Crippen molar-refractivity contribution in [2.45, 2.75) is 52.9 Å².